The molecule has 0 amide bonds. The van der Waals surface area contributed by atoms with E-state index in [1.807, 2.05) is 0 Å². The van der Waals surface area contributed by atoms with Gasteiger partial charge in [0.25, 0.3) is 0 Å². The normalized spacial score (nSPS) is 1.60. The quantitative estimate of drug-likeness (QED) is 0.434. The van der Waals surface area contributed by atoms with E-state index in [1.54, 1.807) is 0 Å². The smallest absolute Gasteiger partial charge is 0.0351 e. The van der Waals surface area contributed by atoms with Crippen LogP contribution < -0.4 is 0 Å². The predicted molar refractivity (Wildman–Crippen MR) is 36.2 cm³/mol. The van der Waals surface area contributed by atoms with E-state index in [0.717, 1.165) is 0 Å². The highest BCUT2D eigenvalue weighted by Crippen LogP contribution is 1.03. The van der Waals surface area contributed by atoms with Crippen LogP contribution in [-0.2, 0) is 0 Å². The molecule has 0 nitrogen and oxygen atoms in total. The average Bonchev–Trinajstić information content (AvgIpc) is 1.50. The first-order valence-corrected chi connectivity index (χ1v) is 1.73. The largest absolute Gasteiger partial charge is 0.0973 e. The molecule has 0 aromatic carbocycles. The van der Waals surface area contributed by atoms with E-state index in [2.05, 4.69) is 36.2 Å². The van der Waals surface area contributed by atoms with Crippen LogP contribution in [0, 0.1) is 0 Å². The minimum Gasteiger partial charge on any atom is -0.0973 e. The lowest BCUT2D eigenvalue weighted by Crippen LogP contribution is -0.661. The highest BCUT2D eigenvalue weighted by molar-refractivity contribution is 7.77. The summed E-state index contributed by atoms with van der Waals surface area (Å²) in [5, 5.41) is 0. The Morgan fingerprint density at radius 2 is 0.800 bits per heavy atom. The molecule has 0 unspecified atom stereocenters. The third kappa shape index (κ3) is 613. The van der Waals surface area contributed by atoms with Crippen molar-refractivity contribution in [2.24, 2.45) is 0 Å². The standard InChI is InChI=1S/2CH2S.CH4/c2*1-2;/h2*1H2;1H4. The van der Waals surface area contributed by atoms with Crippen molar-refractivity contribution in [3.8, 4) is 0 Å². The van der Waals surface area contributed by atoms with Gasteiger partial charge in [0.05, 0.1) is 0 Å². The first-order chi connectivity index (χ1) is 2.00. The second-order valence-corrected chi connectivity index (χ2v) is 0. The highest BCUT2D eigenvalue weighted by atomic mass is 32.1. The van der Waals surface area contributed by atoms with E-state index in [-0.39, 0.29) is 7.43 Å². The molecule has 0 aliphatic carbocycles. The molecule has 0 rings (SSSR count). The molecule has 0 radical (unpaired) electrons. The molecule has 0 saturated carbocycles. The third-order valence-corrected chi connectivity index (χ3v) is 0. The Kier molecular flexibility index (Phi) is 4970. The van der Waals surface area contributed by atoms with Crippen molar-refractivity contribution in [2.75, 3.05) is 0 Å². The fourth-order valence-corrected chi connectivity index (χ4v) is 0. The van der Waals surface area contributed by atoms with Gasteiger partial charge in [-0.15, -0.1) is 0 Å². The van der Waals surface area contributed by atoms with E-state index in [0.29, 0.717) is 0 Å². The Balaban J connectivity index is -0.0000000133. The fourth-order valence-electron chi connectivity index (χ4n) is 0. The summed E-state index contributed by atoms with van der Waals surface area (Å²) in [6.45, 7) is 0. The van der Waals surface area contributed by atoms with Gasteiger partial charge < -0.3 is 0 Å². The number of hydrogen-bond donors (Lipinski definition) is 0. The monoisotopic (exact) mass is 108 g/mol. The third-order valence-electron chi connectivity index (χ3n) is 0. The summed E-state index contributed by atoms with van der Waals surface area (Å²) in [6.07, 6.45) is 0. The van der Waals surface area contributed by atoms with E-state index < -0.39 is 0 Å². The van der Waals surface area contributed by atoms with Crippen LogP contribution in [0.15, 0.2) is 0 Å². The van der Waals surface area contributed by atoms with Crippen molar-refractivity contribution in [2.45, 2.75) is 7.43 Å². The van der Waals surface area contributed by atoms with Crippen molar-refractivity contribution < 1.29 is 0 Å². The van der Waals surface area contributed by atoms with Gasteiger partial charge in [-0.1, -0.05) is 31.9 Å². The first kappa shape index (κ1) is 19.0. The summed E-state index contributed by atoms with van der Waals surface area (Å²) in [7, 11) is 0. The Labute approximate surface area is 44.2 Å². The van der Waals surface area contributed by atoms with Gasteiger partial charge in [0.1, 0.15) is 0 Å². The van der Waals surface area contributed by atoms with E-state index in [4.69, 9.17) is 0 Å². The molecule has 5 heavy (non-hydrogen) atoms. The molecule has 0 saturated heterocycles. The van der Waals surface area contributed by atoms with E-state index in [1.165, 1.54) is 0 Å². The second-order valence-electron chi connectivity index (χ2n) is 0. The highest BCUT2D eigenvalue weighted by Gasteiger charge is 0.644. The van der Waals surface area contributed by atoms with Crippen LogP contribution in [0.5, 0.6) is 0 Å². The maximum absolute atomic E-state index is 3.83. The topological polar surface area (TPSA) is 0 Å². The number of rotatable bonds is 0. The molecule has 0 aromatic rings. The van der Waals surface area contributed by atoms with Crippen molar-refractivity contribution >= 4 is 36.2 Å². The van der Waals surface area contributed by atoms with Gasteiger partial charge in [0, 0.05) is 0 Å². The Bertz CT molecular complexity index is 6.85. The molecule has 0 heterocycles. The fraction of sp³-hybridized carbons (Fsp3) is 0.333. The molecular formula is C3H8S2. The molecule has 0 bridgehead atoms. The van der Waals surface area contributed by atoms with E-state index in [9.17, 15) is 0 Å². The maximum atomic E-state index is 3.83. The number of hydrogen-bond acceptors (Lipinski definition) is 2. The zero-order chi connectivity index (χ0) is 4.00. The van der Waals surface area contributed by atoms with Gasteiger partial charge >= 0.3 is 0 Å². The van der Waals surface area contributed by atoms with Crippen LogP contribution >= 0.6 is 24.4 Å². The first-order valence-electron chi connectivity index (χ1n) is 0.577. The molecular weight excluding hydrogens is 100 g/mol. The Morgan fingerprint density at radius 3 is 0.800 bits per heavy atom. The zero-order valence-corrected chi connectivity index (χ0v) is 3.86. The molecule has 0 aliphatic rings. The minimum absolute atomic E-state index is 0. The summed E-state index contributed by atoms with van der Waals surface area (Å²) in [5.74, 6) is 5.67. The van der Waals surface area contributed by atoms with Crippen LogP contribution in [0.4, 0.5) is 0 Å². The van der Waals surface area contributed by atoms with Gasteiger partial charge in [0.15, 0.2) is 0 Å². The van der Waals surface area contributed by atoms with Gasteiger partial charge in [0.2, 0.25) is 0 Å². The predicted octanol–water partition coefficient (Wildman–Crippen LogP) is 1.87. The molecule has 0 N–H and O–H groups in total. The lowest BCUT2D eigenvalue weighted by atomic mass is 12.0. The summed E-state index contributed by atoms with van der Waals surface area (Å²) in [6, 6.07) is 0. The summed E-state index contributed by atoms with van der Waals surface area (Å²) >= 11 is 7.67. The van der Waals surface area contributed by atoms with Gasteiger partial charge in [-0.3, -0.25) is 0 Å². The van der Waals surface area contributed by atoms with Crippen molar-refractivity contribution in [3.63, 3.8) is 0 Å². The molecule has 0 aromatic heterocycles. The lowest BCUT2D eigenvalue weighted by Gasteiger charge is -0.774. The SMILES string of the molecule is C.C=S.C=S. The van der Waals surface area contributed by atoms with Crippen LogP contribution in [0.1, 0.15) is 7.43 Å². The minimum atomic E-state index is 0. The van der Waals surface area contributed by atoms with Gasteiger partial charge in [-0.2, -0.15) is 0 Å². The lowest BCUT2D eigenvalue weighted by molar-refractivity contribution is 2.50. The second kappa shape index (κ2) is 1300. The molecule has 0 spiro atoms. The zero-order valence-electron chi connectivity index (χ0n) is 2.23. The van der Waals surface area contributed by atoms with Crippen LogP contribution in [0.25, 0.3) is 0 Å². The van der Waals surface area contributed by atoms with Crippen molar-refractivity contribution in [3.05, 3.63) is 0 Å². The van der Waals surface area contributed by atoms with Crippen LogP contribution in [-0.4, -0.2) is 11.7 Å². The van der Waals surface area contributed by atoms with Gasteiger partial charge in [-0.05, 0) is 11.7 Å². The maximum Gasteiger partial charge on any atom is -0.0351 e. The van der Waals surface area contributed by atoms with Gasteiger partial charge in [-0.25, -0.2) is 0 Å². The number of thiocarbonyl (C=S) groups is 2. The van der Waals surface area contributed by atoms with E-state index >= 15 is 0 Å². The van der Waals surface area contributed by atoms with Crippen molar-refractivity contribution in [1.29, 1.82) is 0 Å². The van der Waals surface area contributed by atoms with Crippen molar-refractivity contribution in [1.82, 2.24) is 0 Å². The molecule has 0 atom stereocenters. The summed E-state index contributed by atoms with van der Waals surface area (Å²) in [5.41, 5.74) is 0. The van der Waals surface area contributed by atoms with Crippen LogP contribution in [0.3, 0.4) is 0 Å². The molecule has 0 aliphatic heterocycles. The Morgan fingerprint density at radius 1 is 0.800 bits per heavy atom. The van der Waals surface area contributed by atoms with Crippen LogP contribution in [0.2, 0.25) is 0 Å². The molecule has 32 valence electrons. The average molecular weight is 108 g/mol. The Hall–Kier alpha value is 0.180. The summed E-state index contributed by atoms with van der Waals surface area (Å²) < 4.78 is 0. The molecule has 0 fully saturated rings. The summed E-state index contributed by atoms with van der Waals surface area (Å²) in [4.78, 5) is 0. The molecule has 2 heteroatoms.